The maximum atomic E-state index is 12.3. The van der Waals surface area contributed by atoms with Crippen molar-refractivity contribution in [1.29, 1.82) is 0 Å². The number of anilines is 1. The number of phenols is 1. The molecule has 0 saturated carbocycles. The predicted octanol–water partition coefficient (Wildman–Crippen LogP) is 3.38. The Balaban J connectivity index is 1.53. The first-order valence-electron chi connectivity index (χ1n) is 9.18. The van der Waals surface area contributed by atoms with Gasteiger partial charge in [-0.1, -0.05) is 24.3 Å². The largest absolute Gasteiger partial charge is 0.508 e. The molecule has 0 aromatic heterocycles. The van der Waals surface area contributed by atoms with Crippen molar-refractivity contribution in [2.75, 3.05) is 18.4 Å². The number of carbonyl (C=O) groups is 2. The van der Waals surface area contributed by atoms with Crippen LogP contribution in [0.2, 0.25) is 0 Å². The molecule has 1 atom stereocenters. The van der Waals surface area contributed by atoms with Gasteiger partial charge in [0.05, 0.1) is 0 Å². The molecule has 142 valence electrons. The van der Waals surface area contributed by atoms with Crippen molar-refractivity contribution >= 4 is 17.5 Å². The first kappa shape index (κ1) is 18.9. The van der Waals surface area contributed by atoms with Crippen LogP contribution in [0.15, 0.2) is 48.5 Å². The van der Waals surface area contributed by atoms with Gasteiger partial charge in [-0.05, 0) is 56.1 Å². The fourth-order valence-corrected chi connectivity index (χ4v) is 3.40. The number of hydrogen-bond acceptors (Lipinski definition) is 4. The zero-order chi connectivity index (χ0) is 19.2. The van der Waals surface area contributed by atoms with Crippen LogP contribution >= 0.6 is 0 Å². The van der Waals surface area contributed by atoms with Gasteiger partial charge in [0.15, 0.2) is 5.78 Å². The van der Waals surface area contributed by atoms with Gasteiger partial charge in [-0.3, -0.25) is 9.69 Å². The lowest BCUT2D eigenvalue weighted by molar-refractivity contribution is 0.101. The van der Waals surface area contributed by atoms with E-state index in [0.717, 1.165) is 38.0 Å². The molecule has 1 aliphatic rings. The Hall–Kier alpha value is -2.86. The number of Topliss-reactive ketones (excluding diaryl/α,β-unsaturated/α-hetero) is 1. The van der Waals surface area contributed by atoms with Crippen molar-refractivity contribution in [1.82, 2.24) is 10.2 Å². The summed E-state index contributed by atoms with van der Waals surface area (Å²) in [5, 5.41) is 15.4. The fraction of sp³-hybridized carbons (Fsp3) is 0.333. The average Bonchev–Trinajstić information content (AvgIpc) is 2.62. The van der Waals surface area contributed by atoms with Crippen molar-refractivity contribution in [3.63, 3.8) is 0 Å². The van der Waals surface area contributed by atoms with Crippen LogP contribution in [-0.2, 0) is 6.54 Å². The van der Waals surface area contributed by atoms with E-state index >= 15 is 0 Å². The second-order valence-corrected chi connectivity index (χ2v) is 6.98. The van der Waals surface area contributed by atoms with Crippen molar-refractivity contribution in [3.05, 3.63) is 59.7 Å². The molecule has 1 heterocycles. The number of ketones is 1. The highest BCUT2D eigenvalue weighted by atomic mass is 16.3. The number of nitrogens with one attached hydrogen (secondary N) is 2. The third-order valence-electron chi connectivity index (χ3n) is 4.68. The standard InChI is InChI=1S/C21H25N3O3/c1-15(25)17-6-3-7-18(12-17)22-21(27)23-19-8-4-10-24(14-19)13-16-5-2-9-20(26)11-16/h2-3,5-7,9,11-12,19,26H,4,8,10,13-14H2,1H3,(H2,22,23,27). The third-order valence-corrected chi connectivity index (χ3v) is 4.68. The zero-order valence-electron chi connectivity index (χ0n) is 15.4. The number of carbonyl (C=O) groups excluding carboxylic acids is 2. The molecule has 2 amide bonds. The second kappa shape index (κ2) is 8.68. The summed E-state index contributed by atoms with van der Waals surface area (Å²) in [4.78, 5) is 26.0. The fourth-order valence-electron chi connectivity index (χ4n) is 3.40. The number of amides is 2. The molecule has 6 nitrogen and oxygen atoms in total. The van der Waals surface area contributed by atoms with E-state index in [1.165, 1.54) is 6.92 Å². The van der Waals surface area contributed by atoms with Crippen LogP contribution in [0.25, 0.3) is 0 Å². The Morgan fingerprint density at radius 2 is 2.00 bits per heavy atom. The average molecular weight is 367 g/mol. The van der Waals surface area contributed by atoms with E-state index in [4.69, 9.17) is 0 Å². The topological polar surface area (TPSA) is 81.7 Å². The molecule has 2 aromatic carbocycles. The third kappa shape index (κ3) is 5.56. The van der Waals surface area contributed by atoms with Crippen LogP contribution in [0.3, 0.4) is 0 Å². The summed E-state index contributed by atoms with van der Waals surface area (Å²) in [6.45, 7) is 3.98. The van der Waals surface area contributed by atoms with E-state index in [-0.39, 0.29) is 23.6 Å². The number of nitrogens with zero attached hydrogens (tertiary/aromatic N) is 1. The molecule has 3 N–H and O–H groups in total. The quantitative estimate of drug-likeness (QED) is 0.708. The van der Waals surface area contributed by atoms with Crippen molar-refractivity contribution in [2.24, 2.45) is 0 Å². The first-order valence-corrected chi connectivity index (χ1v) is 9.18. The molecule has 3 rings (SSSR count). The monoisotopic (exact) mass is 367 g/mol. The number of piperidine rings is 1. The molecule has 0 spiro atoms. The minimum absolute atomic E-state index is 0.0334. The van der Waals surface area contributed by atoms with Gasteiger partial charge in [0.1, 0.15) is 5.75 Å². The summed E-state index contributed by atoms with van der Waals surface area (Å²) in [6, 6.07) is 14.0. The number of hydrogen-bond donors (Lipinski definition) is 3. The van der Waals surface area contributed by atoms with Crippen LogP contribution in [0, 0.1) is 0 Å². The zero-order valence-corrected chi connectivity index (χ0v) is 15.4. The molecule has 0 aliphatic carbocycles. The van der Waals surface area contributed by atoms with Gasteiger partial charge in [-0.25, -0.2) is 4.79 Å². The minimum atomic E-state index is -0.264. The Bertz CT molecular complexity index is 822. The number of likely N-dealkylation sites (tertiary alicyclic amines) is 1. The lowest BCUT2D eigenvalue weighted by Gasteiger charge is -2.33. The van der Waals surface area contributed by atoms with E-state index in [9.17, 15) is 14.7 Å². The van der Waals surface area contributed by atoms with Crippen LogP contribution in [0.4, 0.5) is 10.5 Å². The second-order valence-electron chi connectivity index (χ2n) is 6.98. The molecular weight excluding hydrogens is 342 g/mol. The lowest BCUT2D eigenvalue weighted by Crippen LogP contribution is -2.48. The van der Waals surface area contributed by atoms with Crippen molar-refractivity contribution in [2.45, 2.75) is 32.4 Å². The smallest absolute Gasteiger partial charge is 0.319 e. The number of phenolic OH excluding ortho intramolecular Hbond substituents is 1. The van der Waals surface area contributed by atoms with Gasteiger partial charge >= 0.3 is 6.03 Å². The number of aromatic hydroxyl groups is 1. The van der Waals surface area contributed by atoms with Crippen molar-refractivity contribution in [3.8, 4) is 5.75 Å². The lowest BCUT2D eigenvalue weighted by atomic mass is 10.0. The Morgan fingerprint density at radius 3 is 2.78 bits per heavy atom. The maximum Gasteiger partial charge on any atom is 0.319 e. The number of urea groups is 1. The van der Waals surface area contributed by atoms with Crippen LogP contribution in [0.1, 0.15) is 35.7 Å². The molecule has 0 radical (unpaired) electrons. The summed E-state index contributed by atoms with van der Waals surface area (Å²) in [5.41, 5.74) is 2.23. The number of benzene rings is 2. The molecule has 1 aliphatic heterocycles. The molecule has 2 aromatic rings. The van der Waals surface area contributed by atoms with Crippen LogP contribution in [0.5, 0.6) is 5.75 Å². The summed E-state index contributed by atoms with van der Waals surface area (Å²) in [6.07, 6.45) is 1.93. The van der Waals surface area contributed by atoms with E-state index in [1.807, 2.05) is 12.1 Å². The summed E-state index contributed by atoms with van der Waals surface area (Å²) < 4.78 is 0. The molecule has 6 heteroatoms. The van der Waals surface area contributed by atoms with Gasteiger partial charge in [0, 0.05) is 30.4 Å². The Morgan fingerprint density at radius 1 is 1.19 bits per heavy atom. The van der Waals surface area contributed by atoms with Crippen LogP contribution < -0.4 is 10.6 Å². The normalized spacial score (nSPS) is 17.3. The summed E-state index contributed by atoms with van der Waals surface area (Å²) in [7, 11) is 0. The molecule has 1 fully saturated rings. The first-order chi connectivity index (χ1) is 13.0. The molecule has 1 unspecified atom stereocenters. The molecule has 27 heavy (non-hydrogen) atoms. The summed E-state index contributed by atoms with van der Waals surface area (Å²) >= 11 is 0. The van der Waals surface area contributed by atoms with Gasteiger partial charge < -0.3 is 15.7 Å². The highest BCUT2D eigenvalue weighted by Gasteiger charge is 2.21. The highest BCUT2D eigenvalue weighted by Crippen LogP contribution is 2.17. The van der Waals surface area contributed by atoms with E-state index < -0.39 is 0 Å². The van der Waals surface area contributed by atoms with Gasteiger partial charge in [0.25, 0.3) is 0 Å². The Labute approximate surface area is 159 Å². The van der Waals surface area contributed by atoms with Crippen LogP contribution in [-0.4, -0.2) is 41.0 Å². The van der Waals surface area contributed by atoms with E-state index in [1.54, 1.807) is 36.4 Å². The van der Waals surface area contributed by atoms with Crippen molar-refractivity contribution < 1.29 is 14.7 Å². The predicted molar refractivity (Wildman–Crippen MR) is 105 cm³/mol. The Kier molecular flexibility index (Phi) is 6.08. The maximum absolute atomic E-state index is 12.3. The van der Waals surface area contributed by atoms with Gasteiger partial charge in [-0.15, -0.1) is 0 Å². The highest BCUT2D eigenvalue weighted by molar-refractivity contribution is 5.96. The molecular formula is C21H25N3O3. The molecule has 0 bridgehead atoms. The number of rotatable bonds is 5. The summed E-state index contributed by atoms with van der Waals surface area (Å²) in [5.74, 6) is 0.236. The molecule has 1 saturated heterocycles. The minimum Gasteiger partial charge on any atom is -0.508 e. The van der Waals surface area contributed by atoms with Gasteiger partial charge in [-0.2, -0.15) is 0 Å². The SMILES string of the molecule is CC(=O)c1cccc(NC(=O)NC2CCCN(Cc3cccc(O)c3)C2)c1. The van der Waals surface area contributed by atoms with E-state index in [2.05, 4.69) is 15.5 Å². The van der Waals surface area contributed by atoms with E-state index in [0.29, 0.717) is 11.3 Å². The van der Waals surface area contributed by atoms with Gasteiger partial charge in [0.2, 0.25) is 0 Å².